The van der Waals surface area contributed by atoms with Gasteiger partial charge in [0.05, 0.1) is 13.2 Å². The van der Waals surface area contributed by atoms with Gasteiger partial charge in [0.25, 0.3) is 5.91 Å². The molecule has 2 aliphatic rings. The number of amides is 1. The van der Waals surface area contributed by atoms with Gasteiger partial charge in [-0.05, 0) is 30.4 Å². The number of ether oxygens (including phenoxy) is 1. The minimum Gasteiger partial charge on any atom is -0.378 e. The molecule has 0 aromatic heterocycles. The molecular formula is C17H23NO2. The number of benzene rings is 1. The molecule has 1 saturated heterocycles. The van der Waals surface area contributed by atoms with Crippen LogP contribution in [0, 0.1) is 0 Å². The first-order valence-electron chi connectivity index (χ1n) is 7.82. The van der Waals surface area contributed by atoms with Gasteiger partial charge >= 0.3 is 0 Å². The van der Waals surface area contributed by atoms with Crippen molar-refractivity contribution in [3.8, 4) is 0 Å². The Balaban J connectivity index is 1.82. The Kier molecular flexibility index (Phi) is 4.36. The van der Waals surface area contributed by atoms with Crippen molar-refractivity contribution in [2.45, 2.75) is 38.0 Å². The number of rotatable bonds is 2. The van der Waals surface area contributed by atoms with Crippen molar-refractivity contribution in [2.75, 3.05) is 26.3 Å². The molecule has 1 aromatic rings. The van der Waals surface area contributed by atoms with Gasteiger partial charge in [0, 0.05) is 18.7 Å². The zero-order valence-electron chi connectivity index (χ0n) is 12.0. The summed E-state index contributed by atoms with van der Waals surface area (Å²) in [5.41, 5.74) is 2.19. The van der Waals surface area contributed by atoms with E-state index in [4.69, 9.17) is 4.74 Å². The third-order valence-corrected chi connectivity index (χ3v) is 4.53. The fourth-order valence-corrected chi connectivity index (χ4v) is 3.40. The predicted octanol–water partition coefficient (Wildman–Crippen LogP) is 3.21. The molecular weight excluding hydrogens is 250 g/mol. The molecule has 1 heterocycles. The monoisotopic (exact) mass is 273 g/mol. The fourth-order valence-electron chi connectivity index (χ4n) is 3.40. The van der Waals surface area contributed by atoms with Gasteiger partial charge < -0.3 is 9.64 Å². The van der Waals surface area contributed by atoms with Crippen LogP contribution < -0.4 is 0 Å². The van der Waals surface area contributed by atoms with Gasteiger partial charge in [-0.1, -0.05) is 37.5 Å². The van der Waals surface area contributed by atoms with Gasteiger partial charge in [-0.2, -0.15) is 0 Å². The number of carbonyl (C=O) groups is 1. The summed E-state index contributed by atoms with van der Waals surface area (Å²) in [5.74, 6) is 0.763. The van der Waals surface area contributed by atoms with Crippen LogP contribution in [0.1, 0.15) is 53.9 Å². The second kappa shape index (κ2) is 6.40. The summed E-state index contributed by atoms with van der Waals surface area (Å²) in [6.07, 6.45) is 6.40. The number of morpholine rings is 1. The first kappa shape index (κ1) is 13.6. The number of nitrogens with zero attached hydrogens (tertiary/aromatic N) is 1. The van der Waals surface area contributed by atoms with Crippen molar-refractivity contribution in [1.29, 1.82) is 0 Å². The fraction of sp³-hybridized carbons (Fsp3) is 0.588. The Morgan fingerprint density at radius 2 is 1.75 bits per heavy atom. The molecule has 3 rings (SSSR count). The molecule has 0 bridgehead atoms. The maximum absolute atomic E-state index is 12.7. The molecule has 2 fully saturated rings. The minimum atomic E-state index is 0.189. The summed E-state index contributed by atoms with van der Waals surface area (Å²) in [4.78, 5) is 14.7. The van der Waals surface area contributed by atoms with Crippen molar-refractivity contribution in [3.05, 3.63) is 35.4 Å². The van der Waals surface area contributed by atoms with Crippen LogP contribution in [0.25, 0.3) is 0 Å². The van der Waals surface area contributed by atoms with Crippen molar-refractivity contribution < 1.29 is 9.53 Å². The van der Waals surface area contributed by atoms with Crippen LogP contribution in [-0.4, -0.2) is 37.1 Å². The van der Waals surface area contributed by atoms with Gasteiger partial charge in [0.1, 0.15) is 0 Å². The van der Waals surface area contributed by atoms with E-state index in [1.807, 2.05) is 17.0 Å². The maximum atomic E-state index is 12.7. The minimum absolute atomic E-state index is 0.189. The van der Waals surface area contributed by atoms with E-state index in [1.165, 1.54) is 37.7 Å². The molecule has 1 aliphatic carbocycles. The molecule has 1 saturated carbocycles. The van der Waals surface area contributed by atoms with E-state index in [-0.39, 0.29) is 5.91 Å². The van der Waals surface area contributed by atoms with Gasteiger partial charge in [-0.25, -0.2) is 0 Å². The summed E-state index contributed by atoms with van der Waals surface area (Å²) >= 11 is 0. The molecule has 0 N–H and O–H groups in total. The molecule has 0 atom stereocenters. The average Bonchev–Trinajstić information content (AvgIpc) is 2.56. The van der Waals surface area contributed by atoms with Gasteiger partial charge in [0.15, 0.2) is 0 Å². The van der Waals surface area contributed by atoms with E-state index >= 15 is 0 Å². The SMILES string of the molecule is O=C(c1ccccc1C1CCCCC1)N1CCOCC1. The van der Waals surface area contributed by atoms with E-state index in [1.54, 1.807) is 0 Å². The average molecular weight is 273 g/mol. The molecule has 3 heteroatoms. The Bertz CT molecular complexity index is 460. The van der Waals surface area contributed by atoms with Crippen molar-refractivity contribution >= 4 is 5.91 Å². The summed E-state index contributed by atoms with van der Waals surface area (Å²) < 4.78 is 5.34. The lowest BCUT2D eigenvalue weighted by Crippen LogP contribution is -2.41. The Hall–Kier alpha value is -1.35. The lowest BCUT2D eigenvalue weighted by Gasteiger charge is -2.29. The van der Waals surface area contributed by atoms with E-state index < -0.39 is 0 Å². The summed E-state index contributed by atoms with van der Waals surface area (Å²) in [7, 11) is 0. The van der Waals surface area contributed by atoms with Gasteiger partial charge in [0.2, 0.25) is 0 Å². The van der Waals surface area contributed by atoms with Crippen LogP contribution in [0.2, 0.25) is 0 Å². The summed E-state index contributed by atoms with van der Waals surface area (Å²) in [5, 5.41) is 0. The second-order valence-electron chi connectivity index (χ2n) is 5.83. The largest absolute Gasteiger partial charge is 0.378 e. The molecule has 108 valence electrons. The van der Waals surface area contributed by atoms with Crippen molar-refractivity contribution in [1.82, 2.24) is 4.90 Å². The third kappa shape index (κ3) is 2.88. The Labute approximate surface area is 120 Å². The van der Waals surface area contributed by atoms with Crippen molar-refractivity contribution in [2.24, 2.45) is 0 Å². The van der Waals surface area contributed by atoms with E-state index in [0.717, 1.165) is 18.7 Å². The normalized spacial score (nSPS) is 20.9. The lowest BCUT2D eigenvalue weighted by atomic mass is 9.82. The molecule has 0 spiro atoms. The van der Waals surface area contributed by atoms with Crippen LogP contribution in [0.5, 0.6) is 0 Å². The zero-order valence-corrected chi connectivity index (χ0v) is 12.0. The molecule has 1 aliphatic heterocycles. The maximum Gasteiger partial charge on any atom is 0.254 e. The van der Waals surface area contributed by atoms with Gasteiger partial charge in [-0.15, -0.1) is 0 Å². The highest BCUT2D eigenvalue weighted by Gasteiger charge is 2.24. The molecule has 1 amide bonds. The van der Waals surface area contributed by atoms with Gasteiger partial charge in [-0.3, -0.25) is 4.79 Å². The predicted molar refractivity (Wildman–Crippen MR) is 79.0 cm³/mol. The van der Waals surface area contributed by atoms with Crippen molar-refractivity contribution in [3.63, 3.8) is 0 Å². The Morgan fingerprint density at radius 1 is 1.05 bits per heavy atom. The Morgan fingerprint density at radius 3 is 2.50 bits per heavy atom. The van der Waals surface area contributed by atoms with Crippen LogP contribution in [-0.2, 0) is 4.74 Å². The second-order valence-corrected chi connectivity index (χ2v) is 5.83. The molecule has 3 nitrogen and oxygen atoms in total. The molecule has 20 heavy (non-hydrogen) atoms. The van der Waals surface area contributed by atoms with Crippen LogP contribution in [0.15, 0.2) is 24.3 Å². The summed E-state index contributed by atoms with van der Waals surface area (Å²) in [6, 6.07) is 8.21. The van der Waals surface area contributed by atoms with E-state index in [2.05, 4.69) is 12.1 Å². The summed E-state index contributed by atoms with van der Waals surface area (Å²) in [6.45, 7) is 2.77. The van der Waals surface area contributed by atoms with Crippen LogP contribution >= 0.6 is 0 Å². The highest BCUT2D eigenvalue weighted by atomic mass is 16.5. The smallest absolute Gasteiger partial charge is 0.254 e. The topological polar surface area (TPSA) is 29.5 Å². The first-order chi connectivity index (χ1) is 9.86. The highest BCUT2D eigenvalue weighted by molar-refractivity contribution is 5.96. The quantitative estimate of drug-likeness (QED) is 0.828. The van der Waals surface area contributed by atoms with E-state index in [9.17, 15) is 4.79 Å². The lowest BCUT2D eigenvalue weighted by molar-refractivity contribution is 0.0301. The number of hydrogen-bond acceptors (Lipinski definition) is 2. The number of carbonyl (C=O) groups excluding carboxylic acids is 1. The number of hydrogen-bond donors (Lipinski definition) is 0. The molecule has 1 aromatic carbocycles. The molecule has 0 radical (unpaired) electrons. The van der Waals surface area contributed by atoms with Crippen LogP contribution in [0.4, 0.5) is 0 Å². The first-order valence-corrected chi connectivity index (χ1v) is 7.82. The zero-order chi connectivity index (χ0) is 13.8. The third-order valence-electron chi connectivity index (χ3n) is 4.53. The standard InChI is InChI=1S/C17H23NO2/c19-17(18-10-12-20-13-11-18)16-9-5-4-8-15(16)14-6-2-1-3-7-14/h4-5,8-9,14H,1-3,6-7,10-13H2. The molecule has 0 unspecified atom stereocenters. The van der Waals surface area contributed by atoms with E-state index in [0.29, 0.717) is 19.1 Å². The highest BCUT2D eigenvalue weighted by Crippen LogP contribution is 2.34. The van der Waals surface area contributed by atoms with Crippen LogP contribution in [0.3, 0.4) is 0 Å².